The number of ketones is 1. The number of esters is 1. The molecule has 0 amide bonds. The van der Waals surface area contributed by atoms with Gasteiger partial charge in [0.15, 0.2) is 11.9 Å². The van der Waals surface area contributed by atoms with Crippen molar-refractivity contribution >= 4 is 11.8 Å². The van der Waals surface area contributed by atoms with Crippen molar-refractivity contribution in [3.05, 3.63) is 82.4 Å². The summed E-state index contributed by atoms with van der Waals surface area (Å²) in [5, 5.41) is 0. The maximum absolute atomic E-state index is 12.8. The molecular weight excluding hydrogens is 304 g/mol. The molecule has 2 aromatic rings. The standard InChI is InChI=1S/C20H18O4/c1-12(2)20(22)24-19-15-7-5-4-6-14(15)18(21)17-10-13(11-23-3)8-9-16(17)19/h4-10,19H,1,11H2,2-3H3. The van der Waals surface area contributed by atoms with Crippen LogP contribution in [-0.2, 0) is 20.9 Å². The van der Waals surface area contributed by atoms with Gasteiger partial charge in [0.25, 0.3) is 0 Å². The Labute approximate surface area is 140 Å². The second-order valence-electron chi connectivity index (χ2n) is 5.84. The molecule has 0 saturated carbocycles. The predicted octanol–water partition coefficient (Wildman–Crippen LogP) is 3.59. The van der Waals surface area contributed by atoms with Crippen LogP contribution in [0.1, 0.15) is 45.6 Å². The molecule has 0 saturated heterocycles. The van der Waals surface area contributed by atoms with Crippen molar-refractivity contribution in [1.29, 1.82) is 0 Å². The van der Waals surface area contributed by atoms with Crippen molar-refractivity contribution in [2.45, 2.75) is 19.6 Å². The predicted molar refractivity (Wildman–Crippen MR) is 89.8 cm³/mol. The molecule has 1 aliphatic carbocycles. The molecule has 1 unspecified atom stereocenters. The zero-order valence-electron chi connectivity index (χ0n) is 13.7. The van der Waals surface area contributed by atoms with Crippen LogP contribution in [0.25, 0.3) is 0 Å². The van der Waals surface area contributed by atoms with E-state index < -0.39 is 12.1 Å². The minimum Gasteiger partial charge on any atom is -0.449 e. The zero-order chi connectivity index (χ0) is 17.3. The van der Waals surface area contributed by atoms with E-state index in [2.05, 4.69) is 6.58 Å². The molecule has 1 atom stereocenters. The highest BCUT2D eigenvalue weighted by molar-refractivity contribution is 6.12. The monoisotopic (exact) mass is 322 g/mol. The van der Waals surface area contributed by atoms with E-state index in [4.69, 9.17) is 9.47 Å². The highest BCUT2D eigenvalue weighted by Gasteiger charge is 2.33. The third-order valence-electron chi connectivity index (χ3n) is 4.02. The number of benzene rings is 2. The fourth-order valence-electron chi connectivity index (χ4n) is 2.86. The van der Waals surface area contributed by atoms with E-state index in [1.807, 2.05) is 24.3 Å². The van der Waals surface area contributed by atoms with Crippen molar-refractivity contribution in [3.63, 3.8) is 0 Å². The van der Waals surface area contributed by atoms with Gasteiger partial charge < -0.3 is 9.47 Å². The van der Waals surface area contributed by atoms with Crippen LogP contribution in [0.4, 0.5) is 0 Å². The van der Waals surface area contributed by atoms with Gasteiger partial charge in [-0.1, -0.05) is 43.0 Å². The van der Waals surface area contributed by atoms with Crippen LogP contribution in [0.3, 0.4) is 0 Å². The number of hydrogen-bond donors (Lipinski definition) is 0. The molecular formula is C20H18O4. The van der Waals surface area contributed by atoms with Crippen LogP contribution >= 0.6 is 0 Å². The summed E-state index contributed by atoms with van der Waals surface area (Å²) in [4.78, 5) is 24.9. The molecule has 0 spiro atoms. The number of methoxy groups -OCH3 is 1. The highest BCUT2D eigenvalue weighted by atomic mass is 16.5. The number of fused-ring (bicyclic) bond motifs is 2. The van der Waals surface area contributed by atoms with Gasteiger partial charge in [0.1, 0.15) is 0 Å². The maximum atomic E-state index is 12.8. The smallest absolute Gasteiger partial charge is 0.334 e. The molecule has 2 aromatic carbocycles. The first-order valence-electron chi connectivity index (χ1n) is 7.64. The molecule has 0 bridgehead atoms. The first kappa shape index (κ1) is 16.1. The molecule has 4 nitrogen and oxygen atoms in total. The number of ether oxygens (including phenoxy) is 2. The van der Waals surface area contributed by atoms with Crippen LogP contribution < -0.4 is 0 Å². The van der Waals surface area contributed by atoms with Crippen molar-refractivity contribution in [1.82, 2.24) is 0 Å². The van der Waals surface area contributed by atoms with Crippen molar-refractivity contribution in [2.24, 2.45) is 0 Å². The molecule has 0 heterocycles. The van der Waals surface area contributed by atoms with Crippen molar-refractivity contribution in [3.8, 4) is 0 Å². The van der Waals surface area contributed by atoms with Crippen LogP contribution in [0.2, 0.25) is 0 Å². The number of carbonyl (C=O) groups excluding carboxylic acids is 2. The maximum Gasteiger partial charge on any atom is 0.334 e. The van der Waals surface area contributed by atoms with E-state index in [1.165, 1.54) is 0 Å². The third-order valence-corrected chi connectivity index (χ3v) is 4.02. The van der Waals surface area contributed by atoms with Crippen molar-refractivity contribution < 1.29 is 19.1 Å². The molecule has 0 fully saturated rings. The van der Waals surface area contributed by atoms with Crippen LogP contribution in [0.15, 0.2) is 54.6 Å². The molecule has 0 aliphatic heterocycles. The zero-order valence-corrected chi connectivity index (χ0v) is 13.7. The number of hydrogen-bond acceptors (Lipinski definition) is 4. The van der Waals surface area contributed by atoms with Gasteiger partial charge in [-0.3, -0.25) is 4.79 Å². The fraction of sp³-hybridized carbons (Fsp3) is 0.200. The lowest BCUT2D eigenvalue weighted by Gasteiger charge is -2.27. The summed E-state index contributed by atoms with van der Waals surface area (Å²) < 4.78 is 10.8. The first-order valence-corrected chi connectivity index (χ1v) is 7.64. The summed E-state index contributed by atoms with van der Waals surface area (Å²) in [6.07, 6.45) is -0.616. The van der Waals surface area contributed by atoms with E-state index in [-0.39, 0.29) is 5.78 Å². The summed E-state index contributed by atoms with van der Waals surface area (Å²) in [7, 11) is 1.61. The average molecular weight is 322 g/mol. The Hall–Kier alpha value is -2.72. The Morgan fingerprint density at radius 3 is 2.54 bits per heavy atom. The quantitative estimate of drug-likeness (QED) is 0.638. The molecule has 0 N–H and O–H groups in total. The Morgan fingerprint density at radius 2 is 1.83 bits per heavy atom. The van der Waals surface area contributed by atoms with Gasteiger partial charge in [-0.05, 0) is 18.6 Å². The fourth-order valence-corrected chi connectivity index (χ4v) is 2.86. The molecule has 1 aliphatic rings. The van der Waals surface area contributed by atoms with E-state index >= 15 is 0 Å². The molecule has 122 valence electrons. The molecule has 24 heavy (non-hydrogen) atoms. The van der Waals surface area contributed by atoms with Crippen molar-refractivity contribution in [2.75, 3.05) is 7.11 Å². The summed E-state index contributed by atoms with van der Waals surface area (Å²) in [6, 6.07) is 12.7. The second-order valence-corrected chi connectivity index (χ2v) is 5.84. The highest BCUT2D eigenvalue weighted by Crippen LogP contribution is 2.38. The van der Waals surface area contributed by atoms with E-state index in [0.29, 0.717) is 34.4 Å². The van der Waals surface area contributed by atoms with Gasteiger partial charge in [0.2, 0.25) is 0 Å². The topological polar surface area (TPSA) is 52.6 Å². The summed E-state index contributed by atoms with van der Waals surface area (Å²) in [6.45, 7) is 5.64. The molecule has 0 aromatic heterocycles. The largest absolute Gasteiger partial charge is 0.449 e. The minimum absolute atomic E-state index is 0.0684. The molecule has 0 radical (unpaired) electrons. The van der Waals surface area contributed by atoms with Gasteiger partial charge in [-0.15, -0.1) is 0 Å². The third kappa shape index (κ3) is 2.76. The Balaban J connectivity index is 2.13. The lowest BCUT2D eigenvalue weighted by Crippen LogP contribution is -2.23. The normalized spacial score (nSPS) is 15.4. The SMILES string of the molecule is C=C(C)C(=O)OC1c2ccccc2C(=O)c2cc(COC)ccc21. The van der Waals surface area contributed by atoms with Gasteiger partial charge >= 0.3 is 5.97 Å². The average Bonchev–Trinajstić information content (AvgIpc) is 2.58. The summed E-state index contributed by atoms with van der Waals surface area (Å²) >= 11 is 0. The lowest BCUT2D eigenvalue weighted by molar-refractivity contribution is -0.142. The van der Waals surface area contributed by atoms with E-state index in [9.17, 15) is 9.59 Å². The first-order chi connectivity index (χ1) is 11.5. The second kappa shape index (κ2) is 6.42. The molecule has 3 rings (SSSR count). The van der Waals surface area contributed by atoms with Gasteiger partial charge in [-0.2, -0.15) is 0 Å². The minimum atomic E-state index is -0.616. The Bertz CT molecular complexity index is 835. The van der Waals surface area contributed by atoms with E-state index in [1.54, 1.807) is 32.2 Å². The van der Waals surface area contributed by atoms with Gasteiger partial charge in [0, 0.05) is 34.9 Å². The van der Waals surface area contributed by atoms with E-state index in [0.717, 1.165) is 5.56 Å². The Kier molecular flexibility index (Phi) is 4.32. The molecule has 4 heteroatoms. The summed E-state index contributed by atoms with van der Waals surface area (Å²) in [5.74, 6) is -0.544. The van der Waals surface area contributed by atoms with Gasteiger partial charge in [-0.25, -0.2) is 4.79 Å². The van der Waals surface area contributed by atoms with Gasteiger partial charge in [0.05, 0.1) is 6.61 Å². The van der Waals surface area contributed by atoms with Crippen LogP contribution in [-0.4, -0.2) is 18.9 Å². The lowest BCUT2D eigenvalue weighted by atomic mass is 9.82. The number of rotatable bonds is 4. The number of carbonyl (C=O) groups is 2. The van der Waals surface area contributed by atoms with Crippen LogP contribution in [0.5, 0.6) is 0 Å². The van der Waals surface area contributed by atoms with Crippen LogP contribution in [0, 0.1) is 0 Å². The Morgan fingerprint density at radius 1 is 1.12 bits per heavy atom. The summed E-state index contributed by atoms with van der Waals surface area (Å²) in [5.41, 5.74) is 3.70.